The summed E-state index contributed by atoms with van der Waals surface area (Å²) in [4.78, 5) is 3.29. The standard InChI is InChI=1S/C17H11F6N3O3S/c18-16(19,20)14-9-26(11-3-5-12(6-4-11)29-17(21,22)23)15(25-14)10-1-7-13(8-2-10)30(24,27)28/h1-9H,(H2,24,27,28). The van der Waals surface area contributed by atoms with Crippen molar-refractivity contribution >= 4 is 10.0 Å². The molecule has 0 aliphatic rings. The molecule has 2 N–H and O–H groups in total. The summed E-state index contributed by atoms with van der Waals surface area (Å²) in [6.45, 7) is 0. The smallest absolute Gasteiger partial charge is 0.406 e. The van der Waals surface area contributed by atoms with Crippen molar-refractivity contribution in [2.24, 2.45) is 5.14 Å². The molecule has 1 heterocycles. The molecule has 0 aliphatic heterocycles. The Morgan fingerprint density at radius 3 is 1.93 bits per heavy atom. The van der Waals surface area contributed by atoms with E-state index in [0.717, 1.165) is 41.0 Å². The third-order valence-electron chi connectivity index (χ3n) is 3.79. The van der Waals surface area contributed by atoms with Crippen LogP contribution in [0.2, 0.25) is 0 Å². The van der Waals surface area contributed by atoms with Crippen molar-refractivity contribution in [3.63, 3.8) is 0 Å². The molecule has 3 aromatic rings. The van der Waals surface area contributed by atoms with Crippen molar-refractivity contribution in [1.82, 2.24) is 9.55 Å². The van der Waals surface area contributed by atoms with Gasteiger partial charge in [-0.05, 0) is 48.5 Å². The van der Waals surface area contributed by atoms with E-state index in [9.17, 15) is 34.8 Å². The highest BCUT2D eigenvalue weighted by Gasteiger charge is 2.35. The lowest BCUT2D eigenvalue weighted by Gasteiger charge is -2.11. The van der Waals surface area contributed by atoms with E-state index in [2.05, 4.69) is 9.72 Å². The molecule has 3 rings (SSSR count). The summed E-state index contributed by atoms with van der Waals surface area (Å²) < 4.78 is 104. The zero-order valence-corrected chi connectivity index (χ0v) is 15.4. The van der Waals surface area contributed by atoms with Crippen LogP contribution < -0.4 is 9.88 Å². The van der Waals surface area contributed by atoms with Crippen LogP contribution in [0.1, 0.15) is 5.69 Å². The van der Waals surface area contributed by atoms with Gasteiger partial charge < -0.3 is 4.74 Å². The van der Waals surface area contributed by atoms with Gasteiger partial charge in [-0.1, -0.05) is 0 Å². The van der Waals surface area contributed by atoms with E-state index in [1.54, 1.807) is 0 Å². The summed E-state index contributed by atoms with van der Waals surface area (Å²) in [6, 6.07) is 8.71. The lowest BCUT2D eigenvalue weighted by Crippen LogP contribution is -2.17. The van der Waals surface area contributed by atoms with Gasteiger partial charge in [0.15, 0.2) is 5.69 Å². The van der Waals surface area contributed by atoms with Gasteiger partial charge in [-0.3, -0.25) is 4.57 Å². The molecule has 160 valence electrons. The number of primary sulfonamides is 1. The average Bonchev–Trinajstić information content (AvgIpc) is 3.06. The minimum atomic E-state index is -4.92. The first-order chi connectivity index (χ1) is 13.7. The number of ether oxygens (including phenoxy) is 1. The van der Waals surface area contributed by atoms with Crippen LogP contribution in [0.3, 0.4) is 0 Å². The second-order valence-corrected chi connectivity index (χ2v) is 7.49. The Hall–Kier alpha value is -3.06. The van der Waals surface area contributed by atoms with E-state index in [0.29, 0.717) is 6.20 Å². The minimum Gasteiger partial charge on any atom is -0.406 e. The molecule has 6 nitrogen and oxygen atoms in total. The fraction of sp³-hybridized carbons (Fsp3) is 0.118. The number of halogens is 6. The third-order valence-corrected chi connectivity index (χ3v) is 4.72. The molecule has 0 aliphatic carbocycles. The summed E-state index contributed by atoms with van der Waals surface area (Å²) >= 11 is 0. The number of nitrogens with two attached hydrogens (primary N) is 1. The molecular formula is C17H11F6N3O3S. The molecule has 0 saturated heterocycles. The van der Waals surface area contributed by atoms with Crippen molar-refractivity contribution < 1.29 is 39.5 Å². The van der Waals surface area contributed by atoms with E-state index in [4.69, 9.17) is 5.14 Å². The zero-order valence-electron chi connectivity index (χ0n) is 14.6. The summed E-state index contributed by atoms with van der Waals surface area (Å²) in [5.41, 5.74) is -1.06. The number of nitrogens with zero attached hydrogens (tertiary/aromatic N) is 2. The SMILES string of the molecule is NS(=O)(=O)c1ccc(-c2nc(C(F)(F)F)cn2-c2ccc(OC(F)(F)F)cc2)cc1. The summed E-state index contributed by atoms with van der Waals surface area (Å²) in [7, 11) is -4.01. The van der Waals surface area contributed by atoms with Crippen molar-refractivity contribution in [3.05, 3.63) is 60.4 Å². The number of rotatable bonds is 4. The lowest BCUT2D eigenvalue weighted by molar-refractivity contribution is -0.274. The molecule has 2 aromatic carbocycles. The van der Waals surface area contributed by atoms with Gasteiger partial charge in [-0.25, -0.2) is 18.5 Å². The first kappa shape index (κ1) is 21.6. The molecule has 30 heavy (non-hydrogen) atoms. The number of imidazole rings is 1. The molecule has 0 radical (unpaired) electrons. The van der Waals surface area contributed by atoms with Gasteiger partial charge in [0.1, 0.15) is 11.6 Å². The summed E-state index contributed by atoms with van der Waals surface area (Å²) in [6.07, 6.45) is -9.04. The molecule has 0 bridgehead atoms. The predicted octanol–water partition coefficient (Wildman–Crippen LogP) is 4.10. The number of benzene rings is 2. The number of aromatic nitrogens is 2. The van der Waals surface area contributed by atoms with Gasteiger partial charge in [0, 0.05) is 17.4 Å². The zero-order chi connectivity index (χ0) is 22.3. The van der Waals surface area contributed by atoms with E-state index < -0.39 is 34.0 Å². The monoisotopic (exact) mass is 451 g/mol. The second-order valence-electron chi connectivity index (χ2n) is 5.93. The Balaban J connectivity index is 2.07. The quantitative estimate of drug-likeness (QED) is 0.605. The fourth-order valence-corrected chi connectivity index (χ4v) is 3.03. The van der Waals surface area contributed by atoms with Crippen LogP contribution in [-0.4, -0.2) is 24.3 Å². The van der Waals surface area contributed by atoms with Gasteiger partial charge >= 0.3 is 12.5 Å². The highest BCUT2D eigenvalue weighted by Crippen LogP contribution is 2.33. The number of sulfonamides is 1. The summed E-state index contributed by atoms with van der Waals surface area (Å²) in [5.74, 6) is -0.769. The largest absolute Gasteiger partial charge is 0.573 e. The fourth-order valence-electron chi connectivity index (χ4n) is 2.52. The van der Waals surface area contributed by atoms with Crippen LogP contribution in [0.25, 0.3) is 17.1 Å². The highest BCUT2D eigenvalue weighted by atomic mass is 32.2. The van der Waals surface area contributed by atoms with E-state index in [1.807, 2.05) is 0 Å². The molecule has 0 amide bonds. The van der Waals surface area contributed by atoms with Crippen LogP contribution >= 0.6 is 0 Å². The van der Waals surface area contributed by atoms with Gasteiger partial charge in [0.2, 0.25) is 10.0 Å². The number of hydrogen-bond donors (Lipinski definition) is 1. The van der Waals surface area contributed by atoms with E-state index >= 15 is 0 Å². The van der Waals surface area contributed by atoms with Gasteiger partial charge in [0.05, 0.1) is 4.90 Å². The van der Waals surface area contributed by atoms with Gasteiger partial charge in [-0.2, -0.15) is 13.2 Å². The van der Waals surface area contributed by atoms with Crippen LogP contribution in [0, 0.1) is 0 Å². The normalized spacial score (nSPS) is 12.8. The Morgan fingerprint density at radius 1 is 0.900 bits per heavy atom. The Morgan fingerprint density at radius 2 is 1.47 bits per heavy atom. The molecular weight excluding hydrogens is 440 g/mol. The number of alkyl halides is 6. The van der Waals surface area contributed by atoms with Crippen LogP contribution in [0.4, 0.5) is 26.3 Å². The third kappa shape index (κ3) is 4.91. The Bertz CT molecular complexity index is 1150. The molecule has 0 unspecified atom stereocenters. The molecule has 1 aromatic heterocycles. The van der Waals surface area contributed by atoms with Crippen LogP contribution in [-0.2, 0) is 16.2 Å². The maximum absolute atomic E-state index is 13.2. The topological polar surface area (TPSA) is 87.2 Å². The molecule has 0 saturated carbocycles. The Labute approximate surface area is 165 Å². The van der Waals surface area contributed by atoms with Crippen LogP contribution in [0.15, 0.2) is 59.6 Å². The minimum absolute atomic E-state index is 0.0676. The van der Waals surface area contributed by atoms with Crippen molar-refractivity contribution in [2.45, 2.75) is 17.4 Å². The molecule has 0 spiro atoms. The maximum atomic E-state index is 13.2. The maximum Gasteiger partial charge on any atom is 0.573 e. The van der Waals surface area contributed by atoms with Crippen molar-refractivity contribution in [1.29, 1.82) is 0 Å². The first-order valence-corrected chi connectivity index (χ1v) is 9.45. The lowest BCUT2D eigenvalue weighted by atomic mass is 10.2. The highest BCUT2D eigenvalue weighted by molar-refractivity contribution is 7.89. The predicted molar refractivity (Wildman–Crippen MR) is 92.1 cm³/mol. The van der Waals surface area contributed by atoms with Gasteiger partial charge in [-0.15, -0.1) is 13.2 Å². The van der Waals surface area contributed by atoms with Crippen molar-refractivity contribution in [2.75, 3.05) is 0 Å². The average molecular weight is 451 g/mol. The molecule has 0 fully saturated rings. The number of hydrogen-bond acceptors (Lipinski definition) is 4. The van der Waals surface area contributed by atoms with E-state index in [1.165, 1.54) is 12.1 Å². The summed E-state index contributed by atoms with van der Waals surface area (Å²) in [5, 5.41) is 5.00. The first-order valence-electron chi connectivity index (χ1n) is 7.90. The Kier molecular flexibility index (Phi) is 5.28. The van der Waals surface area contributed by atoms with Gasteiger partial charge in [0.25, 0.3) is 0 Å². The van der Waals surface area contributed by atoms with Crippen molar-refractivity contribution in [3.8, 4) is 22.8 Å². The van der Waals surface area contributed by atoms with Crippen LogP contribution in [0.5, 0.6) is 5.75 Å². The molecule has 13 heteroatoms. The molecule has 0 atom stereocenters. The second kappa shape index (κ2) is 7.32. The van der Waals surface area contributed by atoms with E-state index in [-0.39, 0.29) is 22.0 Å².